The molecule has 0 fully saturated rings. The molecule has 1 atom stereocenters. The van der Waals surface area contributed by atoms with Crippen LogP contribution in [0.3, 0.4) is 0 Å². The summed E-state index contributed by atoms with van der Waals surface area (Å²) in [6.45, 7) is 2.91. The minimum absolute atomic E-state index is 0.0283. The zero-order valence-corrected chi connectivity index (χ0v) is 15.0. The number of amides is 1. The van der Waals surface area contributed by atoms with Gasteiger partial charge in [0.05, 0.1) is 12.6 Å². The molecule has 1 heterocycles. The van der Waals surface area contributed by atoms with Gasteiger partial charge in [0.1, 0.15) is 5.58 Å². The Labute approximate surface area is 153 Å². The molecule has 0 unspecified atom stereocenters. The van der Waals surface area contributed by atoms with Crippen molar-refractivity contribution < 1.29 is 13.9 Å². The Morgan fingerprint density at radius 2 is 2.00 bits per heavy atom. The highest BCUT2D eigenvalue weighted by Gasteiger charge is 2.26. The molecule has 4 heteroatoms. The number of para-hydroxylation sites is 1. The molecule has 0 saturated heterocycles. The van der Waals surface area contributed by atoms with E-state index in [9.17, 15) is 4.79 Å². The number of hydrogen-bond donors (Lipinski definition) is 1. The highest BCUT2D eigenvalue weighted by atomic mass is 16.5. The fourth-order valence-electron chi connectivity index (χ4n) is 3.76. The molecule has 134 valence electrons. The molecule has 4 rings (SSSR count). The third-order valence-corrected chi connectivity index (χ3v) is 5.03. The van der Waals surface area contributed by atoms with E-state index in [4.69, 9.17) is 9.15 Å². The highest BCUT2D eigenvalue weighted by molar-refractivity contribution is 5.99. The molecule has 0 saturated carbocycles. The number of carbonyl (C=O) groups is 1. The molecule has 0 aliphatic heterocycles. The fourth-order valence-corrected chi connectivity index (χ4v) is 3.76. The minimum Gasteiger partial charge on any atom is -0.451 e. The van der Waals surface area contributed by atoms with Gasteiger partial charge in [-0.05, 0) is 43.4 Å². The van der Waals surface area contributed by atoms with E-state index in [0.717, 1.165) is 35.8 Å². The first-order chi connectivity index (χ1) is 12.8. The molecule has 0 bridgehead atoms. The molecule has 1 aliphatic rings. The van der Waals surface area contributed by atoms with Gasteiger partial charge in [-0.3, -0.25) is 4.79 Å². The topological polar surface area (TPSA) is 51.5 Å². The van der Waals surface area contributed by atoms with Gasteiger partial charge in [-0.1, -0.05) is 42.5 Å². The molecule has 3 aromatic rings. The fraction of sp³-hybridized carbons (Fsp3) is 0.318. The normalized spacial score (nSPS) is 16.4. The Bertz CT molecular complexity index is 928. The Morgan fingerprint density at radius 1 is 1.19 bits per heavy atom. The van der Waals surface area contributed by atoms with Crippen LogP contribution in [-0.2, 0) is 17.8 Å². The van der Waals surface area contributed by atoms with Gasteiger partial charge in [-0.2, -0.15) is 0 Å². The Morgan fingerprint density at radius 3 is 2.88 bits per heavy atom. The molecule has 1 aromatic heterocycles. The van der Waals surface area contributed by atoms with Crippen LogP contribution in [0, 0.1) is 0 Å². The standard InChI is InChI=1S/C22H23NO3/c1-2-25-14-18-17-11-5-6-13-20(17)26-21(18)22(24)23-19-12-7-9-15-8-3-4-10-16(15)19/h3-6,8,10-11,13,19H,2,7,9,12,14H2,1H3,(H,23,24)/t19-/m1/s1. The van der Waals surface area contributed by atoms with Crippen molar-refractivity contribution in [3.8, 4) is 0 Å². The van der Waals surface area contributed by atoms with Gasteiger partial charge in [-0.25, -0.2) is 0 Å². The van der Waals surface area contributed by atoms with Crippen LogP contribution in [0.4, 0.5) is 0 Å². The smallest absolute Gasteiger partial charge is 0.287 e. The van der Waals surface area contributed by atoms with E-state index in [1.54, 1.807) is 0 Å². The van der Waals surface area contributed by atoms with Crippen molar-refractivity contribution in [2.75, 3.05) is 6.61 Å². The molecular formula is C22H23NO3. The molecule has 1 N–H and O–H groups in total. The van der Waals surface area contributed by atoms with Crippen molar-refractivity contribution in [1.82, 2.24) is 5.32 Å². The maximum absolute atomic E-state index is 13.0. The van der Waals surface area contributed by atoms with Crippen molar-refractivity contribution in [2.24, 2.45) is 0 Å². The van der Waals surface area contributed by atoms with E-state index in [1.807, 2.05) is 37.3 Å². The van der Waals surface area contributed by atoms with E-state index < -0.39 is 0 Å². The summed E-state index contributed by atoms with van der Waals surface area (Å²) in [6.07, 6.45) is 3.10. The average molecular weight is 349 g/mol. The monoisotopic (exact) mass is 349 g/mol. The molecule has 0 spiro atoms. The Hall–Kier alpha value is -2.59. The van der Waals surface area contributed by atoms with Crippen LogP contribution >= 0.6 is 0 Å². The number of benzene rings is 2. The van der Waals surface area contributed by atoms with Crippen molar-refractivity contribution in [3.63, 3.8) is 0 Å². The minimum atomic E-state index is -0.169. The van der Waals surface area contributed by atoms with Crippen LogP contribution < -0.4 is 5.32 Å². The number of fused-ring (bicyclic) bond motifs is 2. The van der Waals surface area contributed by atoms with Gasteiger partial charge >= 0.3 is 0 Å². The molecule has 0 radical (unpaired) electrons. The van der Waals surface area contributed by atoms with Gasteiger partial charge in [-0.15, -0.1) is 0 Å². The number of aryl methyl sites for hydroxylation is 1. The number of hydrogen-bond acceptors (Lipinski definition) is 3. The summed E-state index contributed by atoms with van der Waals surface area (Å²) in [5, 5.41) is 4.12. The Balaban J connectivity index is 1.65. The van der Waals surface area contributed by atoms with E-state index in [-0.39, 0.29) is 11.9 Å². The van der Waals surface area contributed by atoms with Crippen LogP contribution in [0.5, 0.6) is 0 Å². The average Bonchev–Trinajstić information content (AvgIpc) is 3.05. The van der Waals surface area contributed by atoms with Gasteiger partial charge < -0.3 is 14.5 Å². The number of furan rings is 1. The largest absolute Gasteiger partial charge is 0.451 e. The first-order valence-corrected chi connectivity index (χ1v) is 9.24. The number of rotatable bonds is 5. The van der Waals surface area contributed by atoms with Gasteiger partial charge in [0, 0.05) is 17.6 Å². The number of ether oxygens (including phenoxy) is 1. The van der Waals surface area contributed by atoms with Gasteiger partial charge in [0.15, 0.2) is 5.76 Å². The molecule has 1 amide bonds. The van der Waals surface area contributed by atoms with Crippen LogP contribution in [0.25, 0.3) is 11.0 Å². The summed E-state index contributed by atoms with van der Waals surface area (Å²) >= 11 is 0. The van der Waals surface area contributed by atoms with E-state index >= 15 is 0 Å². The van der Waals surface area contributed by atoms with E-state index in [2.05, 4.69) is 23.5 Å². The van der Waals surface area contributed by atoms with Gasteiger partial charge in [0.25, 0.3) is 5.91 Å². The molecule has 4 nitrogen and oxygen atoms in total. The molecule has 1 aliphatic carbocycles. The molecular weight excluding hydrogens is 326 g/mol. The summed E-state index contributed by atoms with van der Waals surface area (Å²) in [5.41, 5.74) is 4.08. The number of nitrogens with one attached hydrogen (secondary N) is 1. The van der Waals surface area contributed by atoms with Crippen LogP contribution in [0.1, 0.15) is 53.1 Å². The summed E-state index contributed by atoms with van der Waals surface area (Å²) in [7, 11) is 0. The summed E-state index contributed by atoms with van der Waals surface area (Å²) in [6, 6.07) is 16.1. The maximum Gasteiger partial charge on any atom is 0.287 e. The lowest BCUT2D eigenvalue weighted by atomic mass is 9.87. The predicted molar refractivity (Wildman–Crippen MR) is 101 cm³/mol. The predicted octanol–water partition coefficient (Wildman–Crippen LogP) is 4.78. The van der Waals surface area contributed by atoms with Crippen molar-refractivity contribution in [1.29, 1.82) is 0 Å². The third kappa shape index (κ3) is 3.13. The lowest BCUT2D eigenvalue weighted by Crippen LogP contribution is -2.31. The van der Waals surface area contributed by atoms with Gasteiger partial charge in [0.2, 0.25) is 0 Å². The van der Waals surface area contributed by atoms with Crippen molar-refractivity contribution >= 4 is 16.9 Å². The second-order valence-corrected chi connectivity index (χ2v) is 6.66. The SMILES string of the molecule is CCOCc1c(C(=O)N[C@@H]2CCCc3ccccc32)oc2ccccc12. The Kier molecular flexibility index (Phi) is 4.76. The van der Waals surface area contributed by atoms with Crippen molar-refractivity contribution in [2.45, 2.75) is 38.8 Å². The third-order valence-electron chi connectivity index (χ3n) is 5.03. The summed E-state index contributed by atoms with van der Waals surface area (Å²) in [4.78, 5) is 13.0. The van der Waals surface area contributed by atoms with Crippen LogP contribution in [0.2, 0.25) is 0 Å². The first-order valence-electron chi connectivity index (χ1n) is 9.24. The zero-order valence-electron chi connectivity index (χ0n) is 15.0. The maximum atomic E-state index is 13.0. The van der Waals surface area contributed by atoms with E-state index in [1.165, 1.54) is 11.1 Å². The highest BCUT2D eigenvalue weighted by Crippen LogP contribution is 2.31. The zero-order chi connectivity index (χ0) is 17.9. The lowest BCUT2D eigenvalue weighted by molar-refractivity contribution is 0.0894. The summed E-state index contributed by atoms with van der Waals surface area (Å²) < 4.78 is 11.5. The quantitative estimate of drug-likeness (QED) is 0.721. The van der Waals surface area contributed by atoms with Crippen LogP contribution in [0.15, 0.2) is 52.9 Å². The molecule has 2 aromatic carbocycles. The first kappa shape index (κ1) is 16.9. The van der Waals surface area contributed by atoms with Crippen molar-refractivity contribution in [3.05, 3.63) is 71.0 Å². The second-order valence-electron chi connectivity index (χ2n) is 6.66. The second kappa shape index (κ2) is 7.34. The van der Waals surface area contributed by atoms with Crippen LogP contribution in [-0.4, -0.2) is 12.5 Å². The van der Waals surface area contributed by atoms with E-state index in [0.29, 0.717) is 19.0 Å². The molecule has 26 heavy (non-hydrogen) atoms. The summed E-state index contributed by atoms with van der Waals surface area (Å²) in [5.74, 6) is 0.195. The number of carbonyl (C=O) groups excluding carboxylic acids is 1. The lowest BCUT2D eigenvalue weighted by Gasteiger charge is -2.26.